The zero-order valence-electron chi connectivity index (χ0n) is 12.1. The fourth-order valence-electron chi connectivity index (χ4n) is 1.76. The largest absolute Gasteiger partial charge is 0.481 e. The molecule has 0 saturated heterocycles. The summed E-state index contributed by atoms with van der Waals surface area (Å²) in [6.45, 7) is 6.54. The number of hydrogen-bond donors (Lipinski definition) is 3. The second kappa shape index (κ2) is 7.65. The first kappa shape index (κ1) is 16.2. The molecule has 1 aromatic rings. The second-order valence-corrected chi connectivity index (χ2v) is 4.80. The van der Waals surface area contributed by atoms with Gasteiger partial charge in [-0.15, -0.1) is 0 Å². The van der Waals surface area contributed by atoms with Gasteiger partial charge in [-0.3, -0.25) is 9.59 Å². The molecule has 0 saturated carbocycles. The average molecular weight is 278 g/mol. The minimum Gasteiger partial charge on any atom is -0.481 e. The molecule has 5 nitrogen and oxygen atoms in total. The number of carbonyl (C=O) groups excluding carboxylic acids is 1. The van der Waals surface area contributed by atoms with Gasteiger partial charge >= 0.3 is 5.97 Å². The lowest BCUT2D eigenvalue weighted by Gasteiger charge is -2.14. The topological polar surface area (TPSA) is 78.4 Å². The molecule has 0 spiro atoms. The van der Waals surface area contributed by atoms with Crippen molar-refractivity contribution < 1.29 is 14.7 Å². The van der Waals surface area contributed by atoms with Crippen molar-refractivity contribution in [3.8, 4) is 0 Å². The Kier molecular flexibility index (Phi) is 6.18. The van der Waals surface area contributed by atoms with E-state index in [1.54, 1.807) is 6.92 Å². The Bertz CT molecular complexity index is 457. The summed E-state index contributed by atoms with van der Waals surface area (Å²) in [6.07, 6.45) is 0. The number of aliphatic carboxylic acids is 1. The molecule has 0 aliphatic heterocycles. The Morgan fingerprint density at radius 3 is 2.30 bits per heavy atom. The van der Waals surface area contributed by atoms with E-state index in [1.807, 2.05) is 38.1 Å². The van der Waals surface area contributed by atoms with Gasteiger partial charge in [-0.2, -0.15) is 0 Å². The van der Waals surface area contributed by atoms with Crippen LogP contribution in [0.25, 0.3) is 0 Å². The SMILES string of the molecule is CCNC(=O)C(C)NCc1ccc(C(C)C(=O)O)cc1. The van der Waals surface area contributed by atoms with Gasteiger partial charge in [0.2, 0.25) is 5.91 Å². The van der Waals surface area contributed by atoms with E-state index < -0.39 is 11.9 Å². The third-order valence-corrected chi connectivity index (χ3v) is 3.21. The minimum atomic E-state index is -0.833. The molecule has 0 heterocycles. The molecule has 0 fully saturated rings. The predicted octanol–water partition coefficient (Wildman–Crippen LogP) is 1.49. The van der Waals surface area contributed by atoms with Gasteiger partial charge in [-0.25, -0.2) is 0 Å². The number of carbonyl (C=O) groups is 2. The molecule has 1 rings (SSSR count). The number of amides is 1. The van der Waals surface area contributed by atoms with E-state index in [1.165, 1.54) is 0 Å². The smallest absolute Gasteiger partial charge is 0.310 e. The summed E-state index contributed by atoms with van der Waals surface area (Å²) >= 11 is 0. The zero-order valence-corrected chi connectivity index (χ0v) is 12.1. The van der Waals surface area contributed by atoms with Crippen LogP contribution in [-0.2, 0) is 16.1 Å². The van der Waals surface area contributed by atoms with Gasteiger partial charge in [0.25, 0.3) is 0 Å². The third kappa shape index (κ3) is 4.66. The Hall–Kier alpha value is -1.88. The first-order valence-corrected chi connectivity index (χ1v) is 6.78. The number of likely N-dealkylation sites (N-methyl/N-ethyl adjacent to an activating group) is 1. The van der Waals surface area contributed by atoms with E-state index in [9.17, 15) is 9.59 Å². The highest BCUT2D eigenvalue weighted by molar-refractivity contribution is 5.81. The Morgan fingerprint density at radius 1 is 1.20 bits per heavy atom. The molecule has 1 amide bonds. The van der Waals surface area contributed by atoms with E-state index in [0.717, 1.165) is 11.1 Å². The predicted molar refractivity (Wildman–Crippen MR) is 77.5 cm³/mol. The van der Waals surface area contributed by atoms with Gasteiger partial charge in [-0.1, -0.05) is 24.3 Å². The van der Waals surface area contributed by atoms with Crippen LogP contribution in [0.5, 0.6) is 0 Å². The highest BCUT2D eigenvalue weighted by Crippen LogP contribution is 2.16. The molecular weight excluding hydrogens is 256 g/mol. The Labute approximate surface area is 119 Å². The molecule has 1 aromatic carbocycles. The summed E-state index contributed by atoms with van der Waals surface area (Å²) < 4.78 is 0. The number of nitrogens with one attached hydrogen (secondary N) is 2. The molecule has 110 valence electrons. The van der Waals surface area contributed by atoms with Crippen molar-refractivity contribution in [2.24, 2.45) is 0 Å². The van der Waals surface area contributed by atoms with Crippen molar-refractivity contribution in [2.75, 3.05) is 6.54 Å². The van der Waals surface area contributed by atoms with Crippen molar-refractivity contribution in [3.05, 3.63) is 35.4 Å². The van der Waals surface area contributed by atoms with Crippen molar-refractivity contribution >= 4 is 11.9 Å². The first-order chi connectivity index (χ1) is 9.45. The van der Waals surface area contributed by atoms with E-state index in [-0.39, 0.29) is 11.9 Å². The molecule has 0 aliphatic carbocycles. The minimum absolute atomic E-state index is 0.0244. The number of carboxylic acids is 1. The highest BCUT2D eigenvalue weighted by Gasteiger charge is 2.13. The normalized spacial score (nSPS) is 13.6. The molecular formula is C15H22N2O3. The lowest BCUT2D eigenvalue weighted by molar-refractivity contribution is -0.138. The van der Waals surface area contributed by atoms with Crippen LogP contribution in [0.15, 0.2) is 24.3 Å². The zero-order chi connectivity index (χ0) is 15.1. The van der Waals surface area contributed by atoms with Crippen LogP contribution in [0, 0.1) is 0 Å². The molecule has 5 heteroatoms. The monoisotopic (exact) mass is 278 g/mol. The number of carboxylic acid groups (broad SMARTS) is 1. The summed E-state index contributed by atoms with van der Waals surface area (Å²) in [6, 6.07) is 7.13. The summed E-state index contributed by atoms with van der Waals surface area (Å²) in [7, 11) is 0. The van der Waals surface area contributed by atoms with Gasteiger partial charge < -0.3 is 15.7 Å². The summed E-state index contributed by atoms with van der Waals surface area (Å²) in [5.41, 5.74) is 1.79. The van der Waals surface area contributed by atoms with Crippen LogP contribution >= 0.6 is 0 Å². The highest BCUT2D eigenvalue weighted by atomic mass is 16.4. The molecule has 0 radical (unpaired) electrons. The third-order valence-electron chi connectivity index (χ3n) is 3.21. The van der Waals surface area contributed by atoms with E-state index in [2.05, 4.69) is 10.6 Å². The van der Waals surface area contributed by atoms with Crippen LogP contribution < -0.4 is 10.6 Å². The van der Waals surface area contributed by atoms with E-state index in [0.29, 0.717) is 13.1 Å². The van der Waals surface area contributed by atoms with Crippen molar-refractivity contribution in [2.45, 2.75) is 39.3 Å². The van der Waals surface area contributed by atoms with Gasteiger partial charge in [0.1, 0.15) is 0 Å². The second-order valence-electron chi connectivity index (χ2n) is 4.80. The van der Waals surface area contributed by atoms with Gasteiger partial charge in [0.05, 0.1) is 12.0 Å². The molecule has 2 atom stereocenters. The Morgan fingerprint density at radius 2 is 1.80 bits per heavy atom. The van der Waals surface area contributed by atoms with Crippen molar-refractivity contribution in [1.29, 1.82) is 0 Å². The maximum absolute atomic E-state index is 11.5. The fourth-order valence-corrected chi connectivity index (χ4v) is 1.76. The van der Waals surface area contributed by atoms with Crippen LogP contribution in [0.2, 0.25) is 0 Å². The van der Waals surface area contributed by atoms with Crippen molar-refractivity contribution in [3.63, 3.8) is 0 Å². The van der Waals surface area contributed by atoms with Crippen LogP contribution in [-0.4, -0.2) is 29.6 Å². The lowest BCUT2D eigenvalue weighted by Crippen LogP contribution is -2.41. The molecule has 2 unspecified atom stereocenters. The average Bonchev–Trinajstić information content (AvgIpc) is 2.44. The van der Waals surface area contributed by atoms with Crippen LogP contribution in [0.4, 0.5) is 0 Å². The quantitative estimate of drug-likeness (QED) is 0.706. The van der Waals surface area contributed by atoms with E-state index in [4.69, 9.17) is 5.11 Å². The van der Waals surface area contributed by atoms with Gasteiger partial charge in [0, 0.05) is 13.1 Å². The fraction of sp³-hybridized carbons (Fsp3) is 0.467. The number of rotatable bonds is 7. The number of benzene rings is 1. The van der Waals surface area contributed by atoms with E-state index >= 15 is 0 Å². The van der Waals surface area contributed by atoms with Gasteiger partial charge in [0.15, 0.2) is 0 Å². The summed E-state index contributed by atoms with van der Waals surface area (Å²) in [5.74, 6) is -1.37. The Balaban J connectivity index is 2.54. The molecule has 0 aliphatic rings. The standard InChI is InChI=1S/C15H22N2O3/c1-4-16-14(18)11(3)17-9-12-5-7-13(8-6-12)10(2)15(19)20/h5-8,10-11,17H,4,9H2,1-3H3,(H,16,18)(H,19,20). The van der Waals surface area contributed by atoms with Gasteiger partial charge in [-0.05, 0) is 31.9 Å². The maximum Gasteiger partial charge on any atom is 0.310 e. The number of hydrogen-bond acceptors (Lipinski definition) is 3. The molecule has 3 N–H and O–H groups in total. The maximum atomic E-state index is 11.5. The lowest BCUT2D eigenvalue weighted by atomic mass is 10.00. The van der Waals surface area contributed by atoms with Crippen molar-refractivity contribution in [1.82, 2.24) is 10.6 Å². The van der Waals surface area contributed by atoms with Crippen LogP contribution in [0.3, 0.4) is 0 Å². The summed E-state index contributed by atoms with van der Waals surface area (Å²) in [4.78, 5) is 22.4. The summed E-state index contributed by atoms with van der Waals surface area (Å²) in [5, 5.41) is 14.8. The van der Waals surface area contributed by atoms with Crippen LogP contribution in [0.1, 0.15) is 37.8 Å². The molecule has 20 heavy (non-hydrogen) atoms. The molecule has 0 bridgehead atoms. The molecule has 0 aromatic heterocycles. The first-order valence-electron chi connectivity index (χ1n) is 6.78.